The number of aryl methyl sites for hydroxylation is 1. The summed E-state index contributed by atoms with van der Waals surface area (Å²) in [6.45, 7) is 2.24. The van der Waals surface area contributed by atoms with Crippen molar-refractivity contribution in [3.63, 3.8) is 0 Å². The van der Waals surface area contributed by atoms with Crippen molar-refractivity contribution in [2.75, 3.05) is 0 Å². The lowest BCUT2D eigenvalue weighted by Crippen LogP contribution is -2.06. The first kappa shape index (κ1) is 22.2. The summed E-state index contributed by atoms with van der Waals surface area (Å²) < 4.78 is 0. The number of phenolic OH excluding ortho intramolecular Hbond substituents is 1. The quantitative estimate of drug-likeness (QED) is 0.514. The Morgan fingerprint density at radius 2 is 1.22 bits per heavy atom. The van der Waals surface area contributed by atoms with Gasteiger partial charge in [-0.25, -0.2) is 9.59 Å². The highest BCUT2D eigenvalue weighted by Gasteiger charge is 2.13. The fourth-order valence-electron chi connectivity index (χ4n) is 2.67. The molecule has 0 radical (unpaired) electrons. The SMILES string of the molecule is CCCCCCCCc1ccccc1O.O=C(O)c1ccccc1C(=O)O. The van der Waals surface area contributed by atoms with Gasteiger partial charge in [-0.15, -0.1) is 0 Å². The molecule has 0 spiro atoms. The van der Waals surface area contributed by atoms with Crippen LogP contribution < -0.4 is 0 Å². The van der Waals surface area contributed by atoms with Crippen LogP contribution in [0, 0.1) is 0 Å². The van der Waals surface area contributed by atoms with E-state index in [4.69, 9.17) is 10.2 Å². The summed E-state index contributed by atoms with van der Waals surface area (Å²) in [6, 6.07) is 13.1. The molecule has 0 heterocycles. The van der Waals surface area contributed by atoms with Crippen LogP contribution in [0.25, 0.3) is 0 Å². The van der Waals surface area contributed by atoms with E-state index < -0.39 is 11.9 Å². The largest absolute Gasteiger partial charge is 0.508 e. The number of carbonyl (C=O) groups is 2. The van der Waals surface area contributed by atoms with E-state index in [1.165, 1.54) is 62.8 Å². The molecule has 0 amide bonds. The monoisotopic (exact) mass is 372 g/mol. The molecular formula is C22H28O5. The van der Waals surface area contributed by atoms with Gasteiger partial charge in [0.05, 0.1) is 11.1 Å². The van der Waals surface area contributed by atoms with Gasteiger partial charge in [-0.2, -0.15) is 0 Å². The topological polar surface area (TPSA) is 94.8 Å². The van der Waals surface area contributed by atoms with E-state index in [-0.39, 0.29) is 11.1 Å². The molecule has 0 atom stereocenters. The molecule has 3 N–H and O–H groups in total. The van der Waals surface area contributed by atoms with Crippen LogP contribution in [0.1, 0.15) is 71.7 Å². The second-order valence-electron chi connectivity index (χ2n) is 6.30. The van der Waals surface area contributed by atoms with E-state index in [1.807, 2.05) is 18.2 Å². The zero-order valence-electron chi connectivity index (χ0n) is 15.7. The Hall–Kier alpha value is -2.82. The van der Waals surface area contributed by atoms with Crippen molar-refractivity contribution in [1.29, 1.82) is 0 Å². The number of para-hydroxylation sites is 1. The van der Waals surface area contributed by atoms with Gasteiger partial charge in [0, 0.05) is 0 Å². The number of aromatic carboxylic acids is 2. The van der Waals surface area contributed by atoms with E-state index in [1.54, 1.807) is 6.07 Å². The summed E-state index contributed by atoms with van der Waals surface area (Å²) in [5.41, 5.74) is 0.711. The third kappa shape index (κ3) is 8.40. The predicted molar refractivity (Wildman–Crippen MR) is 106 cm³/mol. The molecule has 0 saturated heterocycles. The minimum absolute atomic E-state index is 0.190. The van der Waals surface area contributed by atoms with E-state index in [2.05, 4.69) is 6.92 Å². The highest BCUT2D eigenvalue weighted by atomic mass is 16.4. The number of hydrogen-bond acceptors (Lipinski definition) is 3. The molecule has 2 aromatic rings. The molecule has 0 fully saturated rings. The zero-order valence-corrected chi connectivity index (χ0v) is 15.7. The van der Waals surface area contributed by atoms with Gasteiger partial charge >= 0.3 is 11.9 Å². The summed E-state index contributed by atoms with van der Waals surface area (Å²) in [6.07, 6.45) is 8.85. The third-order valence-electron chi connectivity index (χ3n) is 4.18. The fourth-order valence-corrected chi connectivity index (χ4v) is 2.67. The Labute approximate surface area is 160 Å². The molecule has 0 aliphatic carbocycles. The molecule has 2 aromatic carbocycles. The fraction of sp³-hybridized carbons (Fsp3) is 0.364. The molecule has 0 aromatic heterocycles. The highest BCUT2D eigenvalue weighted by molar-refractivity contribution is 6.01. The molecule has 2 rings (SSSR count). The Morgan fingerprint density at radius 3 is 1.74 bits per heavy atom. The summed E-state index contributed by atoms with van der Waals surface area (Å²) in [4.78, 5) is 20.9. The molecule has 0 unspecified atom stereocenters. The molecular weight excluding hydrogens is 344 g/mol. The van der Waals surface area contributed by atoms with Crippen molar-refractivity contribution in [2.45, 2.75) is 51.9 Å². The molecule has 0 saturated carbocycles. The lowest BCUT2D eigenvalue weighted by atomic mass is 10.0. The first-order chi connectivity index (χ1) is 13.0. The first-order valence-corrected chi connectivity index (χ1v) is 9.29. The van der Waals surface area contributed by atoms with Crippen LogP contribution in [0.2, 0.25) is 0 Å². The van der Waals surface area contributed by atoms with Crippen molar-refractivity contribution in [2.24, 2.45) is 0 Å². The van der Waals surface area contributed by atoms with E-state index in [0.717, 1.165) is 12.0 Å². The maximum Gasteiger partial charge on any atom is 0.336 e. The van der Waals surface area contributed by atoms with Crippen molar-refractivity contribution < 1.29 is 24.9 Å². The Balaban J connectivity index is 0.000000277. The van der Waals surface area contributed by atoms with Crippen molar-refractivity contribution in [1.82, 2.24) is 0 Å². The maximum absolute atomic E-state index is 10.5. The summed E-state index contributed by atoms with van der Waals surface area (Å²) >= 11 is 0. The molecule has 0 bridgehead atoms. The number of aromatic hydroxyl groups is 1. The average molecular weight is 372 g/mol. The third-order valence-corrected chi connectivity index (χ3v) is 4.18. The summed E-state index contributed by atoms with van der Waals surface area (Å²) in [5.74, 6) is -2.01. The minimum Gasteiger partial charge on any atom is -0.508 e. The number of benzene rings is 2. The van der Waals surface area contributed by atoms with Crippen molar-refractivity contribution >= 4 is 11.9 Å². The van der Waals surface area contributed by atoms with Gasteiger partial charge < -0.3 is 15.3 Å². The molecule has 27 heavy (non-hydrogen) atoms. The smallest absolute Gasteiger partial charge is 0.336 e. The average Bonchev–Trinajstić information content (AvgIpc) is 2.66. The van der Waals surface area contributed by atoms with Gasteiger partial charge in [-0.3, -0.25) is 0 Å². The number of unbranched alkanes of at least 4 members (excludes halogenated alkanes) is 5. The Bertz CT molecular complexity index is 691. The number of phenols is 1. The van der Waals surface area contributed by atoms with Crippen LogP contribution in [0.3, 0.4) is 0 Å². The lowest BCUT2D eigenvalue weighted by Gasteiger charge is -2.03. The normalized spacial score (nSPS) is 9.96. The van der Waals surface area contributed by atoms with E-state index >= 15 is 0 Å². The van der Waals surface area contributed by atoms with Crippen LogP contribution in [-0.2, 0) is 6.42 Å². The first-order valence-electron chi connectivity index (χ1n) is 9.29. The van der Waals surface area contributed by atoms with Crippen LogP contribution in [0.15, 0.2) is 48.5 Å². The van der Waals surface area contributed by atoms with Crippen LogP contribution in [0.4, 0.5) is 0 Å². The van der Waals surface area contributed by atoms with E-state index in [0.29, 0.717) is 5.75 Å². The number of carboxylic acids is 2. The molecule has 0 aliphatic heterocycles. The maximum atomic E-state index is 10.5. The van der Waals surface area contributed by atoms with Crippen LogP contribution in [-0.4, -0.2) is 27.3 Å². The van der Waals surface area contributed by atoms with Crippen molar-refractivity contribution in [3.8, 4) is 5.75 Å². The van der Waals surface area contributed by atoms with Gasteiger partial charge in [-0.1, -0.05) is 69.4 Å². The Kier molecular flexibility index (Phi) is 10.3. The van der Waals surface area contributed by atoms with Gasteiger partial charge in [0.1, 0.15) is 5.75 Å². The molecule has 0 aliphatic rings. The van der Waals surface area contributed by atoms with Gasteiger partial charge in [0.25, 0.3) is 0 Å². The van der Waals surface area contributed by atoms with E-state index in [9.17, 15) is 14.7 Å². The van der Waals surface area contributed by atoms with Crippen LogP contribution in [0.5, 0.6) is 5.75 Å². The second-order valence-corrected chi connectivity index (χ2v) is 6.30. The zero-order chi connectivity index (χ0) is 20.1. The standard InChI is InChI=1S/C14H22O.C8H6O4/c1-2-3-4-5-6-7-10-13-11-8-9-12-14(13)15;9-7(10)5-3-1-2-4-6(5)8(11)12/h8-9,11-12,15H,2-7,10H2,1H3;1-4H,(H,9,10)(H,11,12). The van der Waals surface area contributed by atoms with Crippen molar-refractivity contribution in [3.05, 3.63) is 65.2 Å². The number of rotatable bonds is 9. The van der Waals surface area contributed by atoms with Crippen LogP contribution >= 0.6 is 0 Å². The van der Waals surface area contributed by atoms with Gasteiger partial charge in [0.2, 0.25) is 0 Å². The predicted octanol–water partition coefficient (Wildman–Crippen LogP) is 5.38. The molecule has 5 nitrogen and oxygen atoms in total. The van der Waals surface area contributed by atoms with Gasteiger partial charge in [-0.05, 0) is 36.6 Å². The molecule has 5 heteroatoms. The number of carboxylic acid groups (broad SMARTS) is 2. The molecule has 146 valence electrons. The lowest BCUT2D eigenvalue weighted by molar-refractivity contribution is 0.0651. The van der Waals surface area contributed by atoms with Gasteiger partial charge in [0.15, 0.2) is 0 Å². The summed E-state index contributed by atoms with van der Waals surface area (Å²) in [7, 11) is 0. The Morgan fingerprint density at radius 1 is 0.741 bits per heavy atom. The number of hydrogen-bond donors (Lipinski definition) is 3. The summed E-state index contributed by atoms with van der Waals surface area (Å²) in [5, 5.41) is 26.7. The second kappa shape index (κ2) is 12.5. The highest BCUT2D eigenvalue weighted by Crippen LogP contribution is 2.18. The minimum atomic E-state index is -1.23.